The fourth-order valence-electron chi connectivity index (χ4n) is 2.48. The number of halogens is 1. The van der Waals surface area contributed by atoms with E-state index in [1.165, 1.54) is 0 Å². The van der Waals surface area contributed by atoms with E-state index in [0.717, 1.165) is 23.1 Å². The molecule has 2 aromatic heterocycles. The van der Waals surface area contributed by atoms with Crippen molar-refractivity contribution in [1.82, 2.24) is 9.38 Å². The van der Waals surface area contributed by atoms with Crippen LogP contribution in [0.2, 0.25) is 0 Å². The molecular formula is C13H13BrN2O3. The molecule has 0 unspecified atom stereocenters. The van der Waals surface area contributed by atoms with E-state index in [0.29, 0.717) is 18.7 Å². The van der Waals surface area contributed by atoms with Crippen molar-refractivity contribution in [3.63, 3.8) is 0 Å². The zero-order valence-corrected chi connectivity index (χ0v) is 11.8. The fraction of sp³-hybridized carbons (Fsp3) is 0.385. The van der Waals surface area contributed by atoms with Crippen LogP contribution in [0.1, 0.15) is 35.1 Å². The number of aromatic carboxylic acids is 1. The molecule has 1 saturated heterocycles. The highest BCUT2D eigenvalue weighted by Gasteiger charge is 2.24. The SMILES string of the molecule is O=C(O)c1nc(C2CCOCC2)n2ccc(Br)cc12. The van der Waals surface area contributed by atoms with Crippen LogP contribution < -0.4 is 0 Å². The van der Waals surface area contributed by atoms with Crippen LogP contribution in [0.15, 0.2) is 22.8 Å². The average Bonchev–Trinajstić information content (AvgIpc) is 2.78. The molecule has 19 heavy (non-hydrogen) atoms. The van der Waals surface area contributed by atoms with Crippen LogP contribution in [-0.4, -0.2) is 33.7 Å². The van der Waals surface area contributed by atoms with Crippen LogP contribution in [0.5, 0.6) is 0 Å². The average molecular weight is 325 g/mol. The van der Waals surface area contributed by atoms with Crippen LogP contribution in [0, 0.1) is 0 Å². The van der Waals surface area contributed by atoms with Gasteiger partial charge in [-0.05, 0) is 25.0 Å². The minimum Gasteiger partial charge on any atom is -0.476 e. The number of rotatable bonds is 2. The van der Waals surface area contributed by atoms with Crippen molar-refractivity contribution >= 4 is 27.4 Å². The van der Waals surface area contributed by atoms with Gasteiger partial charge in [0.2, 0.25) is 0 Å². The van der Waals surface area contributed by atoms with Crippen molar-refractivity contribution < 1.29 is 14.6 Å². The Morgan fingerprint density at radius 3 is 2.89 bits per heavy atom. The molecule has 0 bridgehead atoms. The number of pyridine rings is 1. The maximum absolute atomic E-state index is 11.3. The fourth-order valence-corrected chi connectivity index (χ4v) is 2.82. The molecule has 0 amide bonds. The largest absolute Gasteiger partial charge is 0.476 e. The van der Waals surface area contributed by atoms with Crippen molar-refractivity contribution in [3.8, 4) is 0 Å². The van der Waals surface area contributed by atoms with Gasteiger partial charge in [-0.15, -0.1) is 0 Å². The highest BCUT2D eigenvalue weighted by Crippen LogP contribution is 2.29. The highest BCUT2D eigenvalue weighted by molar-refractivity contribution is 9.10. The highest BCUT2D eigenvalue weighted by atomic mass is 79.9. The smallest absolute Gasteiger partial charge is 0.356 e. The quantitative estimate of drug-likeness (QED) is 0.922. The molecular weight excluding hydrogens is 312 g/mol. The Labute approximate surface area is 118 Å². The Kier molecular flexibility index (Phi) is 3.28. The van der Waals surface area contributed by atoms with E-state index in [-0.39, 0.29) is 11.6 Å². The van der Waals surface area contributed by atoms with Crippen LogP contribution in [0.3, 0.4) is 0 Å². The van der Waals surface area contributed by atoms with Crippen molar-refractivity contribution in [2.24, 2.45) is 0 Å². The zero-order valence-electron chi connectivity index (χ0n) is 10.2. The van der Waals surface area contributed by atoms with Gasteiger partial charge in [-0.3, -0.25) is 0 Å². The van der Waals surface area contributed by atoms with Crippen LogP contribution >= 0.6 is 15.9 Å². The molecule has 1 aliphatic heterocycles. The summed E-state index contributed by atoms with van der Waals surface area (Å²) in [6, 6.07) is 3.68. The molecule has 3 heterocycles. The van der Waals surface area contributed by atoms with E-state index in [4.69, 9.17) is 4.74 Å². The first-order valence-corrected chi connectivity index (χ1v) is 6.94. The summed E-state index contributed by atoms with van der Waals surface area (Å²) in [5, 5.41) is 9.27. The second kappa shape index (κ2) is 4.94. The van der Waals surface area contributed by atoms with E-state index in [2.05, 4.69) is 20.9 Å². The summed E-state index contributed by atoms with van der Waals surface area (Å²) in [6.07, 6.45) is 3.63. The summed E-state index contributed by atoms with van der Waals surface area (Å²) in [7, 11) is 0. The summed E-state index contributed by atoms with van der Waals surface area (Å²) >= 11 is 3.37. The van der Waals surface area contributed by atoms with E-state index in [9.17, 15) is 9.90 Å². The predicted octanol–water partition coefficient (Wildman–Crippen LogP) is 2.69. The minimum absolute atomic E-state index is 0.114. The van der Waals surface area contributed by atoms with Crippen molar-refractivity contribution in [2.75, 3.05) is 13.2 Å². The zero-order chi connectivity index (χ0) is 13.4. The first-order chi connectivity index (χ1) is 9.16. The second-order valence-electron chi connectivity index (χ2n) is 4.61. The lowest BCUT2D eigenvalue weighted by atomic mass is 10.00. The lowest BCUT2D eigenvalue weighted by Gasteiger charge is -2.20. The molecule has 0 atom stereocenters. The van der Waals surface area contributed by atoms with Gasteiger partial charge >= 0.3 is 5.97 Å². The third-order valence-corrected chi connectivity index (χ3v) is 3.92. The molecule has 6 heteroatoms. The number of fused-ring (bicyclic) bond motifs is 1. The van der Waals surface area contributed by atoms with Crippen LogP contribution in [-0.2, 0) is 4.74 Å². The lowest BCUT2D eigenvalue weighted by molar-refractivity contribution is 0.0692. The van der Waals surface area contributed by atoms with Gasteiger partial charge in [0.05, 0.1) is 5.52 Å². The number of carboxylic acid groups (broad SMARTS) is 1. The monoisotopic (exact) mass is 324 g/mol. The van der Waals surface area contributed by atoms with Gasteiger partial charge in [-0.1, -0.05) is 15.9 Å². The predicted molar refractivity (Wildman–Crippen MR) is 72.6 cm³/mol. The number of ether oxygens (including phenoxy) is 1. The maximum atomic E-state index is 11.3. The molecule has 1 aliphatic rings. The molecule has 0 aromatic carbocycles. The summed E-state index contributed by atoms with van der Waals surface area (Å²) in [6.45, 7) is 1.41. The Bertz CT molecular complexity index is 632. The molecule has 2 aromatic rings. The number of hydrogen-bond donors (Lipinski definition) is 1. The number of carbonyl (C=O) groups is 1. The van der Waals surface area contributed by atoms with Gasteiger partial charge in [-0.25, -0.2) is 9.78 Å². The van der Waals surface area contributed by atoms with E-state index in [1.54, 1.807) is 6.07 Å². The first-order valence-electron chi connectivity index (χ1n) is 6.15. The first kappa shape index (κ1) is 12.6. The molecule has 3 rings (SSSR count). The molecule has 0 saturated carbocycles. The van der Waals surface area contributed by atoms with Gasteiger partial charge in [0.15, 0.2) is 5.69 Å². The maximum Gasteiger partial charge on any atom is 0.356 e. The van der Waals surface area contributed by atoms with Gasteiger partial charge in [-0.2, -0.15) is 0 Å². The molecule has 1 N–H and O–H groups in total. The van der Waals surface area contributed by atoms with Crippen LogP contribution in [0.4, 0.5) is 0 Å². The summed E-state index contributed by atoms with van der Waals surface area (Å²) in [5.74, 6) is 0.0904. The number of aromatic nitrogens is 2. The van der Waals surface area contributed by atoms with Gasteiger partial charge in [0.1, 0.15) is 5.82 Å². The van der Waals surface area contributed by atoms with Crippen molar-refractivity contribution in [1.29, 1.82) is 0 Å². The summed E-state index contributed by atoms with van der Waals surface area (Å²) in [4.78, 5) is 15.6. The van der Waals surface area contributed by atoms with E-state index >= 15 is 0 Å². The minimum atomic E-state index is -0.992. The summed E-state index contributed by atoms with van der Waals surface area (Å²) < 4.78 is 8.07. The van der Waals surface area contributed by atoms with E-state index in [1.807, 2.05) is 16.7 Å². The molecule has 0 radical (unpaired) electrons. The molecule has 100 valence electrons. The van der Waals surface area contributed by atoms with Gasteiger partial charge in [0.25, 0.3) is 0 Å². The topological polar surface area (TPSA) is 63.8 Å². The van der Waals surface area contributed by atoms with Crippen molar-refractivity contribution in [3.05, 3.63) is 34.3 Å². The van der Waals surface area contributed by atoms with Gasteiger partial charge in [0, 0.05) is 29.8 Å². The molecule has 1 fully saturated rings. The second-order valence-corrected chi connectivity index (χ2v) is 5.53. The number of carboxylic acids is 1. The standard InChI is InChI=1S/C13H13BrN2O3/c14-9-1-4-16-10(7-9)11(13(17)18)15-12(16)8-2-5-19-6-3-8/h1,4,7-8H,2-3,5-6H2,(H,17,18). The Balaban J connectivity index is 2.16. The number of nitrogens with zero attached hydrogens (tertiary/aromatic N) is 2. The molecule has 0 spiro atoms. The lowest BCUT2D eigenvalue weighted by Crippen LogP contribution is -2.16. The molecule has 0 aliphatic carbocycles. The Hall–Kier alpha value is -1.40. The number of imidazole rings is 1. The number of hydrogen-bond acceptors (Lipinski definition) is 3. The van der Waals surface area contributed by atoms with Gasteiger partial charge < -0.3 is 14.2 Å². The Morgan fingerprint density at radius 1 is 1.47 bits per heavy atom. The third-order valence-electron chi connectivity index (χ3n) is 3.42. The molecule has 5 nitrogen and oxygen atoms in total. The Morgan fingerprint density at radius 2 is 2.21 bits per heavy atom. The third kappa shape index (κ3) is 2.26. The normalized spacial score (nSPS) is 16.9. The van der Waals surface area contributed by atoms with Crippen molar-refractivity contribution in [2.45, 2.75) is 18.8 Å². The van der Waals surface area contributed by atoms with E-state index < -0.39 is 5.97 Å². The summed E-state index contributed by atoms with van der Waals surface area (Å²) in [5.41, 5.74) is 0.742. The van der Waals surface area contributed by atoms with Crippen LogP contribution in [0.25, 0.3) is 5.52 Å².